The number of nitrogens with zero attached hydrogens (tertiary/aromatic N) is 2. The molecule has 6 heteroatoms. The minimum absolute atomic E-state index is 0.293. The molecule has 0 aliphatic heterocycles. The Balaban J connectivity index is 2.27. The quantitative estimate of drug-likeness (QED) is 0.941. The third-order valence-corrected chi connectivity index (χ3v) is 3.74. The van der Waals surface area contributed by atoms with Crippen LogP contribution < -0.4 is 5.32 Å². The molecule has 1 heterocycles. The van der Waals surface area contributed by atoms with E-state index in [9.17, 15) is 4.39 Å². The zero-order valence-electron chi connectivity index (χ0n) is 9.20. The fourth-order valence-corrected chi connectivity index (χ4v) is 2.53. The van der Waals surface area contributed by atoms with Gasteiger partial charge in [0.1, 0.15) is 10.8 Å². The molecule has 0 fully saturated rings. The van der Waals surface area contributed by atoms with Crippen molar-refractivity contribution in [3.63, 3.8) is 0 Å². The van der Waals surface area contributed by atoms with Crippen LogP contribution in [-0.2, 0) is 6.54 Å². The van der Waals surface area contributed by atoms with Crippen molar-refractivity contribution in [2.45, 2.75) is 13.5 Å². The monoisotopic (exact) mass is 315 g/mol. The number of rotatable bonds is 4. The molecule has 17 heavy (non-hydrogen) atoms. The minimum Gasteiger partial charge on any atom is -0.311 e. The van der Waals surface area contributed by atoms with Gasteiger partial charge in [-0.1, -0.05) is 24.3 Å². The SMILES string of the molecule is CCNCc1nnc(-c2cccc(Br)c2F)s1. The normalized spacial score (nSPS) is 10.8. The van der Waals surface area contributed by atoms with Gasteiger partial charge in [-0.3, -0.25) is 0 Å². The van der Waals surface area contributed by atoms with Crippen molar-refractivity contribution in [3.8, 4) is 10.6 Å². The Morgan fingerprint density at radius 1 is 1.41 bits per heavy atom. The van der Waals surface area contributed by atoms with Gasteiger partial charge < -0.3 is 5.32 Å². The fraction of sp³-hybridized carbons (Fsp3) is 0.273. The number of aromatic nitrogens is 2. The van der Waals surface area contributed by atoms with E-state index in [4.69, 9.17) is 0 Å². The van der Waals surface area contributed by atoms with E-state index < -0.39 is 0 Å². The lowest BCUT2D eigenvalue weighted by atomic mass is 10.2. The lowest BCUT2D eigenvalue weighted by molar-refractivity contribution is 0.624. The second-order valence-corrected chi connectivity index (χ2v) is 5.30. The van der Waals surface area contributed by atoms with Crippen molar-refractivity contribution >= 4 is 27.3 Å². The van der Waals surface area contributed by atoms with Crippen LogP contribution in [-0.4, -0.2) is 16.7 Å². The van der Waals surface area contributed by atoms with Crippen LogP contribution in [0.3, 0.4) is 0 Å². The van der Waals surface area contributed by atoms with E-state index in [1.165, 1.54) is 11.3 Å². The maximum atomic E-state index is 13.8. The summed E-state index contributed by atoms with van der Waals surface area (Å²) in [5, 5.41) is 12.7. The Morgan fingerprint density at radius 2 is 2.24 bits per heavy atom. The van der Waals surface area contributed by atoms with Crippen LogP contribution in [0.25, 0.3) is 10.6 Å². The largest absolute Gasteiger partial charge is 0.311 e. The van der Waals surface area contributed by atoms with Gasteiger partial charge in [-0.05, 0) is 34.6 Å². The van der Waals surface area contributed by atoms with Crippen molar-refractivity contribution in [1.29, 1.82) is 0 Å². The highest BCUT2D eigenvalue weighted by atomic mass is 79.9. The van der Waals surface area contributed by atoms with Crippen LogP contribution in [0, 0.1) is 5.82 Å². The molecule has 0 amide bonds. The van der Waals surface area contributed by atoms with Crippen molar-refractivity contribution in [3.05, 3.63) is 33.5 Å². The van der Waals surface area contributed by atoms with Gasteiger partial charge in [-0.25, -0.2) is 4.39 Å². The highest BCUT2D eigenvalue weighted by Gasteiger charge is 2.12. The Hall–Kier alpha value is -0.850. The number of hydrogen-bond donors (Lipinski definition) is 1. The van der Waals surface area contributed by atoms with E-state index in [-0.39, 0.29) is 5.82 Å². The van der Waals surface area contributed by atoms with E-state index in [1.807, 2.05) is 6.92 Å². The predicted octanol–water partition coefficient (Wildman–Crippen LogP) is 3.22. The summed E-state index contributed by atoms with van der Waals surface area (Å²) in [6.07, 6.45) is 0. The molecule has 2 rings (SSSR count). The van der Waals surface area contributed by atoms with Gasteiger partial charge in [0.05, 0.1) is 4.47 Å². The van der Waals surface area contributed by atoms with E-state index in [0.717, 1.165) is 11.6 Å². The van der Waals surface area contributed by atoms with E-state index in [1.54, 1.807) is 18.2 Å². The Morgan fingerprint density at radius 3 is 3.00 bits per heavy atom. The molecule has 0 spiro atoms. The first-order valence-electron chi connectivity index (χ1n) is 5.20. The fourth-order valence-electron chi connectivity index (χ4n) is 1.33. The topological polar surface area (TPSA) is 37.8 Å². The first-order valence-corrected chi connectivity index (χ1v) is 6.80. The molecule has 90 valence electrons. The molecule has 0 aliphatic carbocycles. The van der Waals surface area contributed by atoms with Crippen LogP contribution >= 0.6 is 27.3 Å². The van der Waals surface area contributed by atoms with Crippen LogP contribution in [0.15, 0.2) is 22.7 Å². The zero-order valence-corrected chi connectivity index (χ0v) is 11.6. The average Bonchev–Trinajstić information content (AvgIpc) is 2.78. The van der Waals surface area contributed by atoms with Crippen LogP contribution in [0.5, 0.6) is 0 Å². The summed E-state index contributed by atoms with van der Waals surface area (Å²) in [5.74, 6) is -0.293. The molecular weight excluding hydrogens is 305 g/mol. The molecule has 1 N–H and O–H groups in total. The first kappa shape index (κ1) is 12.6. The highest BCUT2D eigenvalue weighted by molar-refractivity contribution is 9.10. The summed E-state index contributed by atoms with van der Waals surface area (Å²) in [4.78, 5) is 0. The zero-order chi connectivity index (χ0) is 12.3. The van der Waals surface area contributed by atoms with Crippen LogP contribution in [0.4, 0.5) is 4.39 Å². The third kappa shape index (κ3) is 2.88. The summed E-state index contributed by atoms with van der Waals surface area (Å²) in [6.45, 7) is 3.57. The standard InChI is InChI=1S/C11H11BrFN3S/c1-2-14-6-9-15-16-11(17-9)7-4-3-5-8(12)10(7)13/h3-5,14H,2,6H2,1H3. The van der Waals surface area contributed by atoms with Crippen molar-refractivity contribution in [2.24, 2.45) is 0 Å². The number of benzene rings is 1. The molecule has 0 unspecified atom stereocenters. The van der Waals surface area contributed by atoms with Crippen molar-refractivity contribution < 1.29 is 4.39 Å². The molecule has 0 saturated heterocycles. The van der Waals surface area contributed by atoms with Crippen LogP contribution in [0.1, 0.15) is 11.9 Å². The lowest BCUT2D eigenvalue weighted by Crippen LogP contribution is -2.11. The summed E-state index contributed by atoms with van der Waals surface area (Å²) < 4.78 is 14.3. The van der Waals surface area contributed by atoms with E-state index in [0.29, 0.717) is 21.6 Å². The maximum Gasteiger partial charge on any atom is 0.150 e. The average molecular weight is 316 g/mol. The molecule has 2 aromatic rings. The Bertz CT molecular complexity index is 515. The number of nitrogens with one attached hydrogen (secondary N) is 1. The summed E-state index contributed by atoms with van der Waals surface area (Å²) >= 11 is 4.56. The maximum absolute atomic E-state index is 13.8. The summed E-state index contributed by atoms with van der Waals surface area (Å²) in [6, 6.07) is 5.16. The van der Waals surface area contributed by atoms with Gasteiger partial charge in [0.2, 0.25) is 0 Å². The molecule has 0 aliphatic rings. The predicted molar refractivity (Wildman–Crippen MR) is 70.4 cm³/mol. The molecule has 0 bridgehead atoms. The van der Waals surface area contributed by atoms with Crippen molar-refractivity contribution in [1.82, 2.24) is 15.5 Å². The number of hydrogen-bond acceptors (Lipinski definition) is 4. The first-order chi connectivity index (χ1) is 8.22. The Labute approximate surface area is 111 Å². The summed E-state index contributed by atoms with van der Waals surface area (Å²) in [5.41, 5.74) is 0.486. The molecular formula is C11H11BrFN3S. The van der Waals surface area contributed by atoms with Gasteiger partial charge >= 0.3 is 0 Å². The Kier molecular flexibility index (Phi) is 4.20. The van der Waals surface area contributed by atoms with Crippen molar-refractivity contribution in [2.75, 3.05) is 6.54 Å². The number of halogens is 2. The lowest BCUT2D eigenvalue weighted by Gasteiger charge is -1.99. The molecule has 0 radical (unpaired) electrons. The molecule has 1 aromatic heterocycles. The van der Waals surface area contributed by atoms with Gasteiger partial charge in [-0.15, -0.1) is 10.2 Å². The van der Waals surface area contributed by atoms with Gasteiger partial charge in [0, 0.05) is 12.1 Å². The van der Waals surface area contributed by atoms with Crippen LogP contribution in [0.2, 0.25) is 0 Å². The highest BCUT2D eigenvalue weighted by Crippen LogP contribution is 2.29. The minimum atomic E-state index is -0.293. The second-order valence-electron chi connectivity index (χ2n) is 3.38. The molecule has 0 saturated carbocycles. The molecule has 1 aromatic carbocycles. The summed E-state index contributed by atoms with van der Waals surface area (Å²) in [7, 11) is 0. The third-order valence-electron chi connectivity index (χ3n) is 2.18. The van der Waals surface area contributed by atoms with Gasteiger partial charge in [0.25, 0.3) is 0 Å². The second kappa shape index (κ2) is 5.66. The van der Waals surface area contributed by atoms with E-state index >= 15 is 0 Å². The van der Waals surface area contributed by atoms with Gasteiger partial charge in [0.15, 0.2) is 5.01 Å². The molecule has 3 nitrogen and oxygen atoms in total. The van der Waals surface area contributed by atoms with E-state index in [2.05, 4.69) is 31.4 Å². The van der Waals surface area contributed by atoms with Gasteiger partial charge in [-0.2, -0.15) is 0 Å². The smallest absolute Gasteiger partial charge is 0.150 e. The molecule has 0 atom stereocenters.